The summed E-state index contributed by atoms with van der Waals surface area (Å²) in [4.78, 5) is 15.0. The molecule has 0 fully saturated rings. The Morgan fingerprint density at radius 1 is 0.277 bits per heavy atom. The highest BCUT2D eigenvalue weighted by Crippen LogP contribution is 2.61. The minimum atomic E-state index is -0.590. The van der Waals surface area contributed by atoms with E-state index in [1.54, 1.807) is 0 Å². The molecule has 2 aliphatic rings. The summed E-state index contributed by atoms with van der Waals surface area (Å²) in [5, 5.41) is 2.46. The molecule has 0 aliphatic heterocycles. The number of benzene rings is 9. The van der Waals surface area contributed by atoms with E-state index in [0.717, 1.165) is 44.8 Å². The zero-order valence-corrected chi connectivity index (χ0v) is 35.4. The van der Waals surface area contributed by atoms with E-state index in [1.807, 2.05) is 24.5 Å². The maximum atomic E-state index is 5.46. The van der Waals surface area contributed by atoms with Crippen molar-refractivity contribution in [1.82, 2.24) is 15.0 Å². The van der Waals surface area contributed by atoms with Crippen LogP contribution in [0.1, 0.15) is 22.3 Å². The third-order valence-corrected chi connectivity index (χ3v) is 13.7. The minimum absolute atomic E-state index is 0.590. The molecule has 0 atom stereocenters. The first-order chi connectivity index (χ1) is 32.2. The summed E-state index contributed by atoms with van der Waals surface area (Å²) in [5.41, 5.74) is 21.4. The second-order valence-electron chi connectivity index (χ2n) is 17.1. The summed E-state index contributed by atoms with van der Waals surface area (Å²) in [5.74, 6) is 0.678. The average molecular weight is 826 g/mol. The Morgan fingerprint density at radius 3 is 1.38 bits per heavy atom. The van der Waals surface area contributed by atoms with Gasteiger partial charge >= 0.3 is 0 Å². The summed E-state index contributed by atoms with van der Waals surface area (Å²) in [6.45, 7) is 0. The van der Waals surface area contributed by atoms with E-state index in [0.29, 0.717) is 5.82 Å². The standard InChI is InChI=1S/C62H39N3/c1-2-14-47-42(12-1)13-11-20-48(47)43-26-30-45(31-27-43)61-64-59(44-28-24-40(25-29-44)41-34-36-63-37-35-41)39-60(65-61)46-32-33-54-50-16-4-3-15-49(50)51-17-5-8-21-55(51)62(58(54)38-46)56-22-9-6-18-52(56)53-19-7-10-23-57(53)62/h1-39H. The van der Waals surface area contributed by atoms with E-state index in [1.165, 1.54) is 72.0 Å². The Morgan fingerprint density at radius 2 is 0.723 bits per heavy atom. The number of hydrogen-bond donors (Lipinski definition) is 0. The monoisotopic (exact) mass is 825 g/mol. The van der Waals surface area contributed by atoms with Crippen LogP contribution < -0.4 is 0 Å². The summed E-state index contributed by atoms with van der Waals surface area (Å²) in [7, 11) is 0. The highest BCUT2D eigenvalue weighted by atomic mass is 14.9. The van der Waals surface area contributed by atoms with Crippen molar-refractivity contribution in [3.05, 3.63) is 259 Å². The second kappa shape index (κ2) is 14.8. The molecule has 1 spiro atoms. The van der Waals surface area contributed by atoms with Gasteiger partial charge in [0.25, 0.3) is 0 Å². The molecule has 9 aromatic carbocycles. The maximum Gasteiger partial charge on any atom is 0.160 e. The zero-order chi connectivity index (χ0) is 42.9. The fourth-order valence-electron chi connectivity index (χ4n) is 10.7. The van der Waals surface area contributed by atoms with Crippen LogP contribution in [0, 0.1) is 0 Å². The van der Waals surface area contributed by atoms with Crippen LogP contribution in [0.2, 0.25) is 0 Å². The zero-order valence-electron chi connectivity index (χ0n) is 35.4. The van der Waals surface area contributed by atoms with E-state index in [4.69, 9.17) is 9.97 Å². The van der Waals surface area contributed by atoms with Crippen molar-refractivity contribution in [2.24, 2.45) is 0 Å². The highest BCUT2D eigenvalue weighted by Gasteiger charge is 2.49. The van der Waals surface area contributed by atoms with Crippen LogP contribution in [0.5, 0.6) is 0 Å². The van der Waals surface area contributed by atoms with Gasteiger partial charge < -0.3 is 0 Å². The molecule has 3 heteroatoms. The SMILES string of the molecule is c1ccc2c(c1)-c1ccccc1C1(c3cc(-c4cc(-c5ccc(-c6ccncc6)cc5)nc(-c5ccc(-c6cccc7ccccc67)cc5)n4)ccc3-2)c2ccccc2-c2ccccc21. The fraction of sp³-hybridized carbons (Fsp3) is 0.0161. The number of fused-ring (bicyclic) bond motifs is 13. The Balaban J connectivity index is 1.04. The Kier molecular flexibility index (Phi) is 8.44. The van der Waals surface area contributed by atoms with Gasteiger partial charge in [0.15, 0.2) is 5.82 Å². The smallest absolute Gasteiger partial charge is 0.160 e. The predicted molar refractivity (Wildman–Crippen MR) is 266 cm³/mol. The minimum Gasteiger partial charge on any atom is -0.265 e. The molecule has 0 bridgehead atoms. The summed E-state index contributed by atoms with van der Waals surface area (Å²) in [6, 6.07) is 81.7. The normalized spacial score (nSPS) is 12.7. The van der Waals surface area contributed by atoms with Crippen LogP contribution in [-0.2, 0) is 5.41 Å². The van der Waals surface area contributed by atoms with Gasteiger partial charge in [-0.15, -0.1) is 0 Å². The number of hydrogen-bond acceptors (Lipinski definition) is 3. The molecule has 0 radical (unpaired) electrons. The molecule has 0 saturated carbocycles. The molecule has 0 N–H and O–H groups in total. The van der Waals surface area contributed by atoms with Gasteiger partial charge in [0, 0.05) is 29.1 Å². The number of rotatable bonds is 5. The van der Waals surface area contributed by atoms with Crippen LogP contribution in [0.3, 0.4) is 0 Å². The van der Waals surface area contributed by atoms with Gasteiger partial charge in [0.1, 0.15) is 0 Å². The van der Waals surface area contributed by atoms with Crippen LogP contribution in [0.4, 0.5) is 0 Å². The van der Waals surface area contributed by atoms with Crippen molar-refractivity contribution >= 4 is 10.8 Å². The molecule has 0 unspecified atom stereocenters. The predicted octanol–water partition coefficient (Wildman–Crippen LogP) is 15.4. The van der Waals surface area contributed by atoms with Gasteiger partial charge in [0.2, 0.25) is 0 Å². The molecule has 2 heterocycles. The lowest BCUT2D eigenvalue weighted by Crippen LogP contribution is -2.29. The molecule has 2 aliphatic carbocycles. The Hall–Kier alpha value is -8.53. The van der Waals surface area contributed by atoms with Crippen LogP contribution in [0.25, 0.3) is 100 Å². The molecule has 11 aromatic rings. The Labute approximate surface area is 378 Å². The van der Waals surface area contributed by atoms with Gasteiger partial charge in [-0.05, 0) is 113 Å². The third-order valence-electron chi connectivity index (χ3n) is 13.7. The quantitative estimate of drug-likeness (QED) is 0.173. The molecule has 0 amide bonds. The molecule has 302 valence electrons. The van der Waals surface area contributed by atoms with E-state index in [9.17, 15) is 0 Å². The molecule has 3 nitrogen and oxygen atoms in total. The maximum absolute atomic E-state index is 5.46. The number of pyridine rings is 1. The van der Waals surface area contributed by atoms with Gasteiger partial charge in [0.05, 0.1) is 16.8 Å². The van der Waals surface area contributed by atoms with Gasteiger partial charge in [-0.1, -0.05) is 200 Å². The summed E-state index contributed by atoms with van der Waals surface area (Å²) in [6.07, 6.45) is 3.67. The topological polar surface area (TPSA) is 38.7 Å². The molecule has 65 heavy (non-hydrogen) atoms. The van der Waals surface area contributed by atoms with Crippen molar-refractivity contribution in [3.8, 4) is 89.5 Å². The molecule has 0 saturated heterocycles. The van der Waals surface area contributed by atoms with Gasteiger partial charge in [-0.25, -0.2) is 9.97 Å². The Bertz CT molecular complexity index is 3590. The number of nitrogens with zero attached hydrogens (tertiary/aromatic N) is 3. The van der Waals surface area contributed by atoms with E-state index >= 15 is 0 Å². The molecular formula is C62H39N3. The van der Waals surface area contributed by atoms with Crippen molar-refractivity contribution < 1.29 is 0 Å². The van der Waals surface area contributed by atoms with Crippen LogP contribution in [0.15, 0.2) is 237 Å². The lowest BCUT2D eigenvalue weighted by atomic mass is 9.65. The van der Waals surface area contributed by atoms with E-state index in [2.05, 4.69) is 217 Å². The fourth-order valence-corrected chi connectivity index (χ4v) is 10.7. The first-order valence-electron chi connectivity index (χ1n) is 22.2. The summed E-state index contributed by atoms with van der Waals surface area (Å²) < 4.78 is 0. The van der Waals surface area contributed by atoms with Crippen molar-refractivity contribution in [3.63, 3.8) is 0 Å². The largest absolute Gasteiger partial charge is 0.265 e. The third kappa shape index (κ3) is 5.79. The lowest BCUT2D eigenvalue weighted by molar-refractivity contribution is 0.775. The van der Waals surface area contributed by atoms with Crippen LogP contribution in [-0.4, -0.2) is 15.0 Å². The highest BCUT2D eigenvalue weighted by molar-refractivity contribution is 5.99. The molecule has 2 aromatic heterocycles. The van der Waals surface area contributed by atoms with Gasteiger partial charge in [-0.2, -0.15) is 0 Å². The average Bonchev–Trinajstić information content (AvgIpc) is 3.63. The van der Waals surface area contributed by atoms with Crippen molar-refractivity contribution in [1.29, 1.82) is 0 Å². The summed E-state index contributed by atoms with van der Waals surface area (Å²) >= 11 is 0. The van der Waals surface area contributed by atoms with Crippen LogP contribution >= 0.6 is 0 Å². The lowest BCUT2D eigenvalue weighted by Gasteiger charge is -2.35. The number of aromatic nitrogens is 3. The van der Waals surface area contributed by atoms with Gasteiger partial charge in [-0.3, -0.25) is 4.98 Å². The van der Waals surface area contributed by atoms with E-state index < -0.39 is 5.41 Å². The van der Waals surface area contributed by atoms with E-state index in [-0.39, 0.29) is 0 Å². The molecular weight excluding hydrogens is 787 g/mol. The first kappa shape index (κ1) is 37.1. The first-order valence-corrected chi connectivity index (χ1v) is 22.2. The second-order valence-corrected chi connectivity index (χ2v) is 17.1. The molecule has 13 rings (SSSR count). The van der Waals surface area contributed by atoms with Crippen molar-refractivity contribution in [2.75, 3.05) is 0 Å². The van der Waals surface area contributed by atoms with Crippen molar-refractivity contribution in [2.45, 2.75) is 5.41 Å².